The molecule has 0 radical (unpaired) electrons. The normalized spacial score (nSPS) is 12.5. The lowest BCUT2D eigenvalue weighted by atomic mass is 10.1. The molecule has 2 heterocycles. The predicted octanol–water partition coefficient (Wildman–Crippen LogP) is 1.41. The molecular weight excluding hydrogens is 266 g/mol. The van der Waals surface area contributed by atoms with Gasteiger partial charge in [0.25, 0.3) is 0 Å². The van der Waals surface area contributed by atoms with E-state index in [0.29, 0.717) is 12.1 Å². The van der Waals surface area contributed by atoms with E-state index in [9.17, 15) is 4.79 Å². The molecule has 2 aromatic heterocycles. The van der Waals surface area contributed by atoms with Gasteiger partial charge in [0.2, 0.25) is 5.91 Å². The number of aryl methyl sites for hydroxylation is 1. The maximum absolute atomic E-state index is 12.1. The van der Waals surface area contributed by atoms with Crippen molar-refractivity contribution >= 4 is 22.5 Å². The maximum Gasteiger partial charge on any atom is 0.241 e. The summed E-state index contributed by atoms with van der Waals surface area (Å²) in [6, 6.07) is 7.36. The highest BCUT2D eigenvalue weighted by Crippen LogP contribution is 2.19. The number of carbonyl (C=O) groups is 1. The number of anilines is 1. The monoisotopic (exact) mass is 283 g/mol. The summed E-state index contributed by atoms with van der Waals surface area (Å²) < 4.78 is 1.63. The molecule has 0 bridgehead atoms. The summed E-state index contributed by atoms with van der Waals surface area (Å²) >= 11 is 0. The van der Waals surface area contributed by atoms with Crippen LogP contribution < -0.4 is 11.1 Å². The van der Waals surface area contributed by atoms with Gasteiger partial charge in [-0.1, -0.05) is 18.2 Å². The lowest BCUT2D eigenvalue weighted by Gasteiger charge is -2.10. The number of benzene rings is 1. The SMILES string of the molecule is Cn1cc(NC(=O)C(N)Cc2c[nH]c3ccccc23)cn1. The van der Waals surface area contributed by atoms with Crippen LogP contribution >= 0.6 is 0 Å². The number of nitrogens with zero attached hydrogens (tertiary/aromatic N) is 2. The molecule has 21 heavy (non-hydrogen) atoms. The molecule has 1 amide bonds. The molecule has 0 saturated heterocycles. The second kappa shape index (κ2) is 5.41. The molecule has 0 fully saturated rings. The van der Waals surface area contributed by atoms with Crippen LogP contribution in [-0.2, 0) is 18.3 Å². The fourth-order valence-corrected chi connectivity index (χ4v) is 2.35. The first-order valence-corrected chi connectivity index (χ1v) is 6.73. The van der Waals surface area contributed by atoms with E-state index in [1.807, 2.05) is 30.5 Å². The summed E-state index contributed by atoms with van der Waals surface area (Å²) in [5.74, 6) is -0.215. The number of hydrogen-bond donors (Lipinski definition) is 3. The number of fused-ring (bicyclic) bond motifs is 1. The summed E-state index contributed by atoms with van der Waals surface area (Å²) in [6.07, 6.45) is 5.71. The van der Waals surface area contributed by atoms with Crippen LogP contribution in [0.15, 0.2) is 42.9 Å². The highest BCUT2D eigenvalue weighted by atomic mass is 16.2. The number of aromatic nitrogens is 3. The van der Waals surface area contributed by atoms with E-state index < -0.39 is 6.04 Å². The molecule has 4 N–H and O–H groups in total. The molecule has 6 nitrogen and oxygen atoms in total. The first-order valence-electron chi connectivity index (χ1n) is 6.73. The Hall–Kier alpha value is -2.60. The zero-order valence-electron chi connectivity index (χ0n) is 11.7. The number of aromatic amines is 1. The van der Waals surface area contributed by atoms with Gasteiger partial charge >= 0.3 is 0 Å². The van der Waals surface area contributed by atoms with Crippen molar-refractivity contribution in [2.24, 2.45) is 12.8 Å². The molecule has 0 saturated carbocycles. The zero-order chi connectivity index (χ0) is 14.8. The van der Waals surface area contributed by atoms with Gasteiger partial charge in [-0.15, -0.1) is 0 Å². The third kappa shape index (κ3) is 2.80. The van der Waals surface area contributed by atoms with Crippen LogP contribution in [0.1, 0.15) is 5.56 Å². The third-order valence-corrected chi connectivity index (χ3v) is 3.42. The second-order valence-electron chi connectivity index (χ2n) is 5.06. The van der Waals surface area contributed by atoms with Crippen molar-refractivity contribution in [1.82, 2.24) is 14.8 Å². The van der Waals surface area contributed by atoms with E-state index in [1.54, 1.807) is 24.1 Å². The zero-order valence-corrected chi connectivity index (χ0v) is 11.7. The van der Waals surface area contributed by atoms with Crippen molar-refractivity contribution in [3.63, 3.8) is 0 Å². The molecule has 0 spiro atoms. The van der Waals surface area contributed by atoms with Gasteiger partial charge in [-0.2, -0.15) is 5.10 Å². The van der Waals surface area contributed by atoms with Crippen molar-refractivity contribution in [2.45, 2.75) is 12.5 Å². The molecule has 3 aromatic rings. The number of para-hydroxylation sites is 1. The topological polar surface area (TPSA) is 88.7 Å². The molecule has 0 aliphatic heterocycles. The van der Waals surface area contributed by atoms with Gasteiger partial charge in [0.05, 0.1) is 17.9 Å². The van der Waals surface area contributed by atoms with Gasteiger partial charge in [-0.25, -0.2) is 0 Å². The standard InChI is InChI=1S/C15H17N5O/c1-20-9-11(8-18-20)19-15(21)13(16)6-10-7-17-14-5-3-2-4-12(10)14/h2-5,7-9,13,17H,6,16H2,1H3,(H,19,21). The van der Waals surface area contributed by atoms with E-state index in [1.165, 1.54) is 0 Å². The fourth-order valence-electron chi connectivity index (χ4n) is 2.35. The van der Waals surface area contributed by atoms with E-state index in [-0.39, 0.29) is 5.91 Å². The number of hydrogen-bond acceptors (Lipinski definition) is 3. The Morgan fingerprint density at radius 3 is 3.05 bits per heavy atom. The Kier molecular flexibility index (Phi) is 3.45. The molecule has 0 aliphatic carbocycles. The van der Waals surface area contributed by atoms with Crippen LogP contribution in [0, 0.1) is 0 Å². The molecule has 108 valence electrons. The quantitative estimate of drug-likeness (QED) is 0.676. The van der Waals surface area contributed by atoms with Crippen molar-refractivity contribution in [1.29, 1.82) is 0 Å². The summed E-state index contributed by atoms with van der Waals surface area (Å²) in [5, 5.41) is 7.87. The third-order valence-electron chi connectivity index (χ3n) is 3.42. The average molecular weight is 283 g/mol. The van der Waals surface area contributed by atoms with Gasteiger partial charge in [-0.3, -0.25) is 9.48 Å². The van der Waals surface area contributed by atoms with Crippen LogP contribution in [0.25, 0.3) is 10.9 Å². The van der Waals surface area contributed by atoms with Crippen LogP contribution in [0.2, 0.25) is 0 Å². The second-order valence-corrected chi connectivity index (χ2v) is 5.06. The molecule has 3 rings (SSSR count). The maximum atomic E-state index is 12.1. The van der Waals surface area contributed by atoms with E-state index >= 15 is 0 Å². The highest BCUT2D eigenvalue weighted by Gasteiger charge is 2.16. The van der Waals surface area contributed by atoms with E-state index in [0.717, 1.165) is 16.5 Å². The van der Waals surface area contributed by atoms with Gasteiger partial charge < -0.3 is 16.0 Å². The molecule has 1 atom stereocenters. The first kappa shape index (κ1) is 13.4. The minimum atomic E-state index is -0.607. The van der Waals surface area contributed by atoms with Crippen LogP contribution in [-0.4, -0.2) is 26.7 Å². The number of carbonyl (C=O) groups excluding carboxylic acids is 1. The van der Waals surface area contributed by atoms with Crippen molar-refractivity contribution in [3.8, 4) is 0 Å². The Balaban J connectivity index is 1.70. The lowest BCUT2D eigenvalue weighted by Crippen LogP contribution is -2.37. The van der Waals surface area contributed by atoms with Crippen LogP contribution in [0.4, 0.5) is 5.69 Å². The molecule has 1 aromatic carbocycles. The van der Waals surface area contributed by atoms with Gasteiger partial charge in [-0.05, 0) is 18.1 Å². The largest absolute Gasteiger partial charge is 0.361 e. The molecule has 6 heteroatoms. The van der Waals surface area contributed by atoms with Gasteiger partial charge in [0.1, 0.15) is 0 Å². The smallest absolute Gasteiger partial charge is 0.241 e. The minimum absolute atomic E-state index is 0.215. The van der Waals surface area contributed by atoms with Crippen LogP contribution in [0.3, 0.4) is 0 Å². The van der Waals surface area contributed by atoms with Gasteiger partial charge in [0.15, 0.2) is 0 Å². The van der Waals surface area contributed by atoms with E-state index in [4.69, 9.17) is 5.73 Å². The Bertz CT molecular complexity index is 773. The summed E-state index contributed by atoms with van der Waals surface area (Å²) in [4.78, 5) is 15.3. The summed E-state index contributed by atoms with van der Waals surface area (Å²) in [6.45, 7) is 0. The van der Waals surface area contributed by atoms with E-state index in [2.05, 4.69) is 15.4 Å². The molecule has 1 unspecified atom stereocenters. The average Bonchev–Trinajstić information content (AvgIpc) is 3.06. The highest BCUT2D eigenvalue weighted by molar-refractivity contribution is 5.95. The summed E-state index contributed by atoms with van der Waals surface area (Å²) in [5.41, 5.74) is 8.74. The van der Waals surface area contributed by atoms with Gasteiger partial charge in [0, 0.05) is 30.3 Å². The number of rotatable bonds is 4. The van der Waals surface area contributed by atoms with Crippen molar-refractivity contribution < 1.29 is 4.79 Å². The number of nitrogens with one attached hydrogen (secondary N) is 2. The van der Waals surface area contributed by atoms with Crippen LogP contribution in [0.5, 0.6) is 0 Å². The predicted molar refractivity (Wildman–Crippen MR) is 81.8 cm³/mol. The Labute approximate surface area is 121 Å². The fraction of sp³-hybridized carbons (Fsp3) is 0.200. The minimum Gasteiger partial charge on any atom is -0.361 e. The number of H-pyrrole nitrogens is 1. The van der Waals surface area contributed by atoms with Crippen molar-refractivity contribution in [3.05, 3.63) is 48.4 Å². The number of amides is 1. The molecular formula is C15H17N5O. The lowest BCUT2D eigenvalue weighted by molar-refractivity contribution is -0.117. The first-order chi connectivity index (χ1) is 10.1. The Morgan fingerprint density at radius 2 is 2.29 bits per heavy atom. The van der Waals surface area contributed by atoms with Crippen molar-refractivity contribution in [2.75, 3.05) is 5.32 Å². The Morgan fingerprint density at radius 1 is 1.48 bits per heavy atom. The summed E-state index contributed by atoms with van der Waals surface area (Å²) in [7, 11) is 1.79. The molecule has 0 aliphatic rings. The number of nitrogens with two attached hydrogens (primary N) is 1.